The predicted octanol–water partition coefficient (Wildman–Crippen LogP) is 2.45. The highest BCUT2D eigenvalue weighted by molar-refractivity contribution is 5.83. The second-order valence-electron chi connectivity index (χ2n) is 5.34. The third-order valence-corrected chi connectivity index (χ3v) is 3.28. The van der Waals surface area contributed by atoms with Gasteiger partial charge in [-0.3, -0.25) is 14.9 Å². The third kappa shape index (κ3) is 5.03. The molecule has 0 aliphatic carbocycles. The molecule has 2 rings (SSSR count). The number of rotatable bonds is 6. The van der Waals surface area contributed by atoms with E-state index in [1.165, 1.54) is 30.5 Å². The molecule has 0 radical (unpaired) electrons. The summed E-state index contributed by atoms with van der Waals surface area (Å²) >= 11 is 0. The van der Waals surface area contributed by atoms with E-state index in [2.05, 4.69) is 10.5 Å². The molecule has 0 bridgehead atoms. The van der Waals surface area contributed by atoms with Gasteiger partial charge in [-0.2, -0.15) is 5.10 Å². The van der Waals surface area contributed by atoms with Crippen LogP contribution in [-0.4, -0.2) is 28.8 Å². The number of phenols is 1. The lowest BCUT2D eigenvalue weighted by molar-refractivity contribution is -0.385. The molecule has 0 unspecified atom stereocenters. The van der Waals surface area contributed by atoms with Crippen LogP contribution in [0.1, 0.15) is 16.7 Å². The van der Waals surface area contributed by atoms with Crippen molar-refractivity contribution in [2.24, 2.45) is 5.10 Å². The molecule has 1 amide bonds. The molecule has 0 aliphatic rings. The Morgan fingerprint density at radius 2 is 2.00 bits per heavy atom. The lowest BCUT2D eigenvalue weighted by atomic mass is 10.1. The molecule has 0 saturated heterocycles. The highest BCUT2D eigenvalue weighted by atomic mass is 16.6. The molecule has 2 aromatic rings. The van der Waals surface area contributed by atoms with Gasteiger partial charge in [-0.15, -0.1) is 0 Å². The summed E-state index contributed by atoms with van der Waals surface area (Å²) in [5, 5.41) is 23.9. The molecule has 130 valence electrons. The number of non-ortho nitro benzene ring substituents is 1. The minimum atomic E-state index is -0.480. The van der Waals surface area contributed by atoms with E-state index in [-0.39, 0.29) is 18.0 Å². The second-order valence-corrected chi connectivity index (χ2v) is 5.34. The zero-order chi connectivity index (χ0) is 18.4. The van der Waals surface area contributed by atoms with Gasteiger partial charge in [0.25, 0.3) is 11.6 Å². The molecule has 8 heteroatoms. The molecule has 0 saturated carbocycles. The Morgan fingerprint density at radius 1 is 1.32 bits per heavy atom. The first kappa shape index (κ1) is 17.9. The highest BCUT2D eigenvalue weighted by Gasteiger charge is 2.14. The summed E-state index contributed by atoms with van der Waals surface area (Å²) < 4.78 is 5.44. The number of benzene rings is 2. The van der Waals surface area contributed by atoms with Gasteiger partial charge >= 0.3 is 0 Å². The average molecular weight is 343 g/mol. The molecule has 0 aromatic heterocycles. The maximum absolute atomic E-state index is 11.8. The Balaban J connectivity index is 1.93. The fourth-order valence-electron chi connectivity index (χ4n) is 2.21. The maximum atomic E-state index is 11.8. The van der Waals surface area contributed by atoms with E-state index in [0.29, 0.717) is 22.4 Å². The van der Waals surface area contributed by atoms with Gasteiger partial charge in [-0.25, -0.2) is 5.43 Å². The molecule has 0 heterocycles. The van der Waals surface area contributed by atoms with Crippen molar-refractivity contribution >= 4 is 17.8 Å². The van der Waals surface area contributed by atoms with E-state index in [1.54, 1.807) is 26.0 Å². The number of amides is 1. The summed E-state index contributed by atoms with van der Waals surface area (Å²) in [6, 6.07) is 9.17. The van der Waals surface area contributed by atoms with E-state index >= 15 is 0 Å². The topological polar surface area (TPSA) is 114 Å². The number of aryl methyl sites for hydroxylation is 2. The predicted molar refractivity (Wildman–Crippen MR) is 91.9 cm³/mol. The van der Waals surface area contributed by atoms with Crippen LogP contribution in [0.15, 0.2) is 41.5 Å². The van der Waals surface area contributed by atoms with Crippen molar-refractivity contribution in [3.05, 3.63) is 63.2 Å². The van der Waals surface area contributed by atoms with Crippen molar-refractivity contribution < 1.29 is 19.6 Å². The number of hydrogen-bond acceptors (Lipinski definition) is 6. The minimum absolute atomic E-state index is 0.0254. The Labute approximate surface area is 143 Å². The van der Waals surface area contributed by atoms with Crippen LogP contribution in [0.5, 0.6) is 11.5 Å². The van der Waals surface area contributed by atoms with Crippen LogP contribution in [-0.2, 0) is 4.79 Å². The number of carbonyl (C=O) groups is 1. The van der Waals surface area contributed by atoms with Crippen molar-refractivity contribution in [1.82, 2.24) is 5.43 Å². The van der Waals surface area contributed by atoms with Crippen LogP contribution in [0.4, 0.5) is 5.69 Å². The molecular weight excluding hydrogens is 326 g/mol. The SMILES string of the molecule is Cc1cc([N+](=O)[O-])cc(C)c1OCC(=O)NN=Cc1cccc(O)c1. The van der Waals surface area contributed by atoms with Gasteiger partial charge in [0.05, 0.1) is 11.1 Å². The van der Waals surface area contributed by atoms with Crippen LogP contribution < -0.4 is 10.2 Å². The summed E-state index contributed by atoms with van der Waals surface area (Å²) in [5.41, 5.74) is 4.05. The summed E-state index contributed by atoms with van der Waals surface area (Å²) in [6.45, 7) is 3.07. The molecule has 25 heavy (non-hydrogen) atoms. The van der Waals surface area contributed by atoms with Crippen molar-refractivity contribution in [3.8, 4) is 11.5 Å². The number of nitrogens with one attached hydrogen (secondary N) is 1. The first-order chi connectivity index (χ1) is 11.9. The number of ether oxygens (including phenoxy) is 1. The van der Waals surface area contributed by atoms with Crippen LogP contribution >= 0.6 is 0 Å². The number of phenolic OH excluding ortho intramolecular Hbond substituents is 1. The molecule has 0 spiro atoms. The lowest BCUT2D eigenvalue weighted by Crippen LogP contribution is -2.25. The normalized spacial score (nSPS) is 10.6. The molecule has 0 fully saturated rings. The Morgan fingerprint density at radius 3 is 2.60 bits per heavy atom. The van der Waals surface area contributed by atoms with Crippen LogP contribution in [0.25, 0.3) is 0 Å². The molecular formula is C17H17N3O5. The van der Waals surface area contributed by atoms with Crippen molar-refractivity contribution in [2.75, 3.05) is 6.61 Å². The fraction of sp³-hybridized carbons (Fsp3) is 0.176. The molecule has 0 aliphatic heterocycles. The monoisotopic (exact) mass is 343 g/mol. The van der Waals surface area contributed by atoms with Gasteiger partial charge in [-0.1, -0.05) is 12.1 Å². The van der Waals surface area contributed by atoms with E-state index < -0.39 is 10.8 Å². The third-order valence-electron chi connectivity index (χ3n) is 3.28. The molecule has 8 nitrogen and oxygen atoms in total. The second kappa shape index (κ2) is 7.91. The van der Waals surface area contributed by atoms with Crippen molar-refractivity contribution in [2.45, 2.75) is 13.8 Å². The van der Waals surface area contributed by atoms with Crippen molar-refractivity contribution in [1.29, 1.82) is 0 Å². The van der Waals surface area contributed by atoms with E-state index in [9.17, 15) is 20.0 Å². The number of nitrogens with zero attached hydrogens (tertiary/aromatic N) is 2. The van der Waals surface area contributed by atoms with Gasteiger partial charge in [0.2, 0.25) is 0 Å². The zero-order valence-corrected chi connectivity index (χ0v) is 13.7. The summed E-state index contributed by atoms with van der Waals surface area (Å²) in [6.07, 6.45) is 1.39. The van der Waals surface area contributed by atoms with Crippen LogP contribution in [0.3, 0.4) is 0 Å². The number of aromatic hydroxyl groups is 1. The summed E-state index contributed by atoms with van der Waals surface area (Å²) in [5.74, 6) is 0.0500. The van der Waals surface area contributed by atoms with Crippen molar-refractivity contribution in [3.63, 3.8) is 0 Å². The van der Waals surface area contributed by atoms with Gasteiger partial charge in [0.15, 0.2) is 6.61 Å². The van der Waals surface area contributed by atoms with Gasteiger partial charge in [-0.05, 0) is 42.7 Å². The maximum Gasteiger partial charge on any atom is 0.277 e. The van der Waals surface area contributed by atoms with E-state index in [4.69, 9.17) is 4.74 Å². The van der Waals surface area contributed by atoms with E-state index in [1.807, 2.05) is 0 Å². The highest BCUT2D eigenvalue weighted by Crippen LogP contribution is 2.28. The first-order valence-electron chi connectivity index (χ1n) is 7.36. The molecule has 2 N–H and O–H groups in total. The number of nitro benzene ring substituents is 1. The zero-order valence-electron chi connectivity index (χ0n) is 13.7. The fourth-order valence-corrected chi connectivity index (χ4v) is 2.21. The smallest absolute Gasteiger partial charge is 0.277 e. The van der Waals surface area contributed by atoms with E-state index in [0.717, 1.165) is 0 Å². The average Bonchev–Trinajstić information content (AvgIpc) is 2.54. The van der Waals surface area contributed by atoms with Gasteiger partial charge in [0.1, 0.15) is 11.5 Å². The van der Waals surface area contributed by atoms with Gasteiger partial charge < -0.3 is 9.84 Å². The Bertz CT molecular complexity index is 810. The summed E-state index contributed by atoms with van der Waals surface area (Å²) in [7, 11) is 0. The standard InChI is InChI=1S/C17H17N3O5/c1-11-6-14(20(23)24)7-12(2)17(11)25-10-16(22)19-18-9-13-4-3-5-15(21)8-13/h3-9,21H,10H2,1-2H3,(H,19,22). The lowest BCUT2D eigenvalue weighted by Gasteiger charge is -2.11. The summed E-state index contributed by atoms with van der Waals surface area (Å²) in [4.78, 5) is 22.1. The number of nitro groups is 1. The Hall–Kier alpha value is -3.42. The quantitative estimate of drug-likeness (QED) is 0.475. The molecule has 0 atom stereocenters. The number of carbonyl (C=O) groups excluding carboxylic acids is 1. The number of hydrogen-bond donors (Lipinski definition) is 2. The Kier molecular flexibility index (Phi) is 5.67. The minimum Gasteiger partial charge on any atom is -0.508 e. The first-order valence-corrected chi connectivity index (χ1v) is 7.36. The van der Waals surface area contributed by atoms with Crippen LogP contribution in [0.2, 0.25) is 0 Å². The van der Waals surface area contributed by atoms with Gasteiger partial charge in [0, 0.05) is 12.1 Å². The largest absolute Gasteiger partial charge is 0.508 e. The molecule has 2 aromatic carbocycles. The van der Waals surface area contributed by atoms with Crippen LogP contribution in [0, 0.1) is 24.0 Å². The number of hydrazone groups is 1.